The van der Waals surface area contributed by atoms with Crippen molar-refractivity contribution in [1.82, 2.24) is 14.9 Å². The Labute approximate surface area is 123 Å². The maximum Gasteiger partial charge on any atom is 0.401 e. The second-order valence-corrected chi connectivity index (χ2v) is 5.86. The van der Waals surface area contributed by atoms with E-state index in [-0.39, 0.29) is 0 Å². The number of hydrogen-bond acceptors (Lipinski definition) is 4. The Morgan fingerprint density at radius 2 is 1.85 bits per heavy atom. The van der Waals surface area contributed by atoms with Crippen molar-refractivity contribution in [1.29, 1.82) is 0 Å². The minimum atomic E-state index is -4.10. The van der Waals surface area contributed by atoms with Gasteiger partial charge in [0.2, 0.25) is 5.95 Å². The summed E-state index contributed by atoms with van der Waals surface area (Å²) >= 11 is 3.25. The summed E-state index contributed by atoms with van der Waals surface area (Å²) in [6, 6.07) is 0. The average molecular weight is 353 g/mol. The molecule has 8 heteroatoms. The molecule has 2 heterocycles. The molecule has 1 aliphatic heterocycles. The molecule has 2 rings (SSSR count). The third-order valence-electron chi connectivity index (χ3n) is 3.28. The van der Waals surface area contributed by atoms with Gasteiger partial charge >= 0.3 is 6.18 Å². The van der Waals surface area contributed by atoms with Gasteiger partial charge in [0.15, 0.2) is 0 Å². The van der Waals surface area contributed by atoms with Gasteiger partial charge in [0, 0.05) is 18.9 Å². The summed E-state index contributed by atoms with van der Waals surface area (Å²) in [6.07, 6.45) is 0.734. The largest absolute Gasteiger partial charge is 0.401 e. The van der Waals surface area contributed by atoms with Crippen molar-refractivity contribution in [2.24, 2.45) is 5.92 Å². The zero-order chi connectivity index (χ0) is 14.6. The Bertz CT molecular complexity index is 416. The highest BCUT2D eigenvalue weighted by molar-refractivity contribution is 9.10. The predicted octanol–water partition coefficient (Wildman–Crippen LogP) is 2.93. The monoisotopic (exact) mass is 352 g/mol. The zero-order valence-corrected chi connectivity index (χ0v) is 12.4. The maximum atomic E-state index is 12.3. The number of likely N-dealkylation sites (tertiary alicyclic amines) is 1. The van der Waals surface area contributed by atoms with Crippen LogP contribution in [-0.2, 0) is 0 Å². The Morgan fingerprint density at radius 1 is 1.25 bits per heavy atom. The normalized spacial score (nSPS) is 18.2. The minimum absolute atomic E-state index is 0.367. The molecule has 1 aromatic heterocycles. The van der Waals surface area contributed by atoms with E-state index in [1.54, 1.807) is 12.4 Å². The first kappa shape index (κ1) is 15.5. The molecule has 0 spiro atoms. The molecule has 1 aromatic rings. The zero-order valence-electron chi connectivity index (χ0n) is 10.8. The van der Waals surface area contributed by atoms with E-state index < -0.39 is 12.7 Å². The number of nitrogens with one attached hydrogen (secondary N) is 1. The molecule has 1 aliphatic rings. The summed E-state index contributed by atoms with van der Waals surface area (Å²) in [5, 5.41) is 3.12. The summed E-state index contributed by atoms with van der Waals surface area (Å²) in [5.74, 6) is 0.914. The number of alkyl halides is 3. The lowest BCUT2D eigenvalue weighted by Gasteiger charge is -2.32. The Hall–Kier alpha value is -0.890. The first-order valence-corrected chi connectivity index (χ1v) is 7.22. The van der Waals surface area contributed by atoms with Crippen LogP contribution in [0, 0.1) is 5.92 Å². The topological polar surface area (TPSA) is 41.0 Å². The average Bonchev–Trinajstić information content (AvgIpc) is 2.38. The molecule has 0 unspecified atom stereocenters. The van der Waals surface area contributed by atoms with Crippen molar-refractivity contribution in [2.75, 3.05) is 31.5 Å². The molecular weight excluding hydrogens is 337 g/mol. The van der Waals surface area contributed by atoms with Gasteiger partial charge in [0.25, 0.3) is 0 Å². The smallest absolute Gasteiger partial charge is 0.354 e. The quantitative estimate of drug-likeness (QED) is 0.904. The summed E-state index contributed by atoms with van der Waals surface area (Å²) < 4.78 is 37.6. The van der Waals surface area contributed by atoms with Gasteiger partial charge in [-0.15, -0.1) is 0 Å². The summed E-state index contributed by atoms with van der Waals surface area (Å²) in [4.78, 5) is 9.66. The molecule has 1 fully saturated rings. The van der Waals surface area contributed by atoms with Gasteiger partial charge in [-0.3, -0.25) is 4.90 Å². The highest BCUT2D eigenvalue weighted by Crippen LogP contribution is 2.22. The van der Waals surface area contributed by atoms with E-state index >= 15 is 0 Å². The standard InChI is InChI=1S/C12H16BrF3N4/c13-10-6-18-11(19-7-10)17-5-9-1-3-20(4-2-9)8-12(14,15)16/h6-7,9H,1-5,8H2,(H,17,18,19). The maximum absolute atomic E-state index is 12.3. The van der Waals surface area contributed by atoms with Gasteiger partial charge in [0.1, 0.15) is 0 Å². The van der Waals surface area contributed by atoms with Crippen LogP contribution in [0.25, 0.3) is 0 Å². The first-order chi connectivity index (χ1) is 9.42. The van der Waals surface area contributed by atoms with Crippen LogP contribution in [-0.4, -0.2) is 47.2 Å². The molecule has 0 amide bonds. The predicted molar refractivity (Wildman–Crippen MR) is 73.4 cm³/mol. The van der Waals surface area contributed by atoms with Crippen LogP contribution in [0.15, 0.2) is 16.9 Å². The summed E-state index contributed by atoms with van der Waals surface area (Å²) in [7, 11) is 0. The van der Waals surface area contributed by atoms with Gasteiger partial charge < -0.3 is 5.32 Å². The lowest BCUT2D eigenvalue weighted by molar-refractivity contribution is -0.148. The number of anilines is 1. The van der Waals surface area contributed by atoms with Gasteiger partial charge in [-0.1, -0.05) is 0 Å². The van der Waals surface area contributed by atoms with E-state index in [1.165, 1.54) is 4.90 Å². The number of halogens is 4. The van der Waals surface area contributed by atoms with E-state index in [2.05, 4.69) is 31.2 Å². The number of piperidine rings is 1. The number of rotatable bonds is 4. The van der Waals surface area contributed by atoms with Gasteiger partial charge in [0.05, 0.1) is 11.0 Å². The fourth-order valence-electron chi connectivity index (χ4n) is 2.24. The van der Waals surface area contributed by atoms with E-state index in [4.69, 9.17) is 0 Å². The molecule has 1 N–H and O–H groups in total. The molecule has 1 saturated heterocycles. The molecular formula is C12H16BrF3N4. The van der Waals surface area contributed by atoms with Crippen molar-refractivity contribution < 1.29 is 13.2 Å². The molecule has 0 saturated carbocycles. The van der Waals surface area contributed by atoms with Crippen molar-refractivity contribution >= 4 is 21.9 Å². The van der Waals surface area contributed by atoms with Crippen LogP contribution in [0.1, 0.15) is 12.8 Å². The van der Waals surface area contributed by atoms with Crippen molar-refractivity contribution in [3.8, 4) is 0 Å². The van der Waals surface area contributed by atoms with Crippen LogP contribution in [0.3, 0.4) is 0 Å². The first-order valence-electron chi connectivity index (χ1n) is 6.43. The molecule has 0 aliphatic carbocycles. The molecule has 0 bridgehead atoms. The van der Waals surface area contributed by atoms with Crippen LogP contribution >= 0.6 is 15.9 Å². The van der Waals surface area contributed by atoms with Gasteiger partial charge in [-0.2, -0.15) is 13.2 Å². The van der Waals surface area contributed by atoms with E-state index in [0.29, 0.717) is 31.5 Å². The highest BCUT2D eigenvalue weighted by Gasteiger charge is 2.32. The fraction of sp³-hybridized carbons (Fsp3) is 0.667. The minimum Gasteiger partial charge on any atom is -0.354 e. The number of aromatic nitrogens is 2. The van der Waals surface area contributed by atoms with Crippen LogP contribution in [0.5, 0.6) is 0 Å². The third kappa shape index (κ3) is 5.24. The SMILES string of the molecule is FC(F)(F)CN1CCC(CNc2ncc(Br)cn2)CC1. The molecule has 4 nitrogen and oxygen atoms in total. The van der Waals surface area contributed by atoms with E-state index in [9.17, 15) is 13.2 Å². The molecule has 0 aromatic carbocycles. The van der Waals surface area contributed by atoms with E-state index in [1.807, 2.05) is 0 Å². The Morgan fingerprint density at radius 3 is 2.40 bits per heavy atom. The fourth-order valence-corrected chi connectivity index (χ4v) is 2.45. The van der Waals surface area contributed by atoms with Gasteiger partial charge in [-0.25, -0.2) is 9.97 Å². The summed E-state index contributed by atoms with van der Waals surface area (Å²) in [6.45, 7) is 0.880. The van der Waals surface area contributed by atoms with Crippen LogP contribution in [0.2, 0.25) is 0 Å². The van der Waals surface area contributed by atoms with Gasteiger partial charge in [-0.05, 0) is 47.8 Å². The lowest BCUT2D eigenvalue weighted by atomic mass is 9.97. The lowest BCUT2D eigenvalue weighted by Crippen LogP contribution is -2.41. The van der Waals surface area contributed by atoms with Crippen molar-refractivity contribution in [3.05, 3.63) is 16.9 Å². The molecule has 112 valence electrons. The number of hydrogen-bond donors (Lipinski definition) is 1. The summed E-state index contributed by atoms with van der Waals surface area (Å²) in [5.41, 5.74) is 0. The van der Waals surface area contributed by atoms with Crippen molar-refractivity contribution in [2.45, 2.75) is 19.0 Å². The van der Waals surface area contributed by atoms with Crippen LogP contribution in [0.4, 0.5) is 19.1 Å². The molecule has 0 radical (unpaired) electrons. The molecule has 0 atom stereocenters. The second-order valence-electron chi connectivity index (χ2n) is 4.94. The number of nitrogens with zero attached hydrogens (tertiary/aromatic N) is 3. The second kappa shape index (κ2) is 6.71. The third-order valence-corrected chi connectivity index (χ3v) is 3.69. The van der Waals surface area contributed by atoms with Crippen LogP contribution < -0.4 is 5.32 Å². The molecule has 20 heavy (non-hydrogen) atoms. The Kier molecular flexibility index (Phi) is 5.20. The Balaban J connectivity index is 1.70. The highest BCUT2D eigenvalue weighted by atomic mass is 79.9. The van der Waals surface area contributed by atoms with Crippen molar-refractivity contribution in [3.63, 3.8) is 0 Å². The van der Waals surface area contributed by atoms with E-state index in [0.717, 1.165) is 17.3 Å².